The van der Waals surface area contributed by atoms with Crippen molar-refractivity contribution in [2.75, 3.05) is 5.75 Å². The number of nitrogens with zero attached hydrogens (tertiary/aromatic N) is 3. The van der Waals surface area contributed by atoms with Crippen LogP contribution in [0.4, 0.5) is 13.2 Å². The molecule has 0 atom stereocenters. The van der Waals surface area contributed by atoms with E-state index in [2.05, 4.69) is 15.4 Å². The molecule has 1 aromatic heterocycles. The van der Waals surface area contributed by atoms with Gasteiger partial charge in [-0.25, -0.2) is 9.67 Å². The number of carbonyl (C=O) groups is 1. The first-order chi connectivity index (χ1) is 15.9. The van der Waals surface area contributed by atoms with Gasteiger partial charge < -0.3 is 5.32 Å². The fourth-order valence-corrected chi connectivity index (χ4v) is 3.77. The van der Waals surface area contributed by atoms with E-state index in [0.717, 1.165) is 35.1 Å². The van der Waals surface area contributed by atoms with E-state index >= 15 is 0 Å². The van der Waals surface area contributed by atoms with Crippen molar-refractivity contribution in [2.24, 2.45) is 0 Å². The lowest BCUT2D eigenvalue weighted by atomic mass is 10.1. The van der Waals surface area contributed by atoms with Crippen LogP contribution in [0.5, 0.6) is 0 Å². The van der Waals surface area contributed by atoms with Crippen LogP contribution in [0.15, 0.2) is 90.1 Å². The van der Waals surface area contributed by atoms with Crippen molar-refractivity contribution in [3.63, 3.8) is 0 Å². The number of benzene rings is 3. The Morgan fingerprint density at radius 3 is 2.33 bits per heavy atom. The summed E-state index contributed by atoms with van der Waals surface area (Å²) in [7, 11) is 0. The molecule has 0 aliphatic carbocycles. The fourth-order valence-electron chi connectivity index (χ4n) is 3.12. The molecule has 168 valence electrons. The molecule has 1 N–H and O–H groups in total. The van der Waals surface area contributed by atoms with E-state index in [1.807, 2.05) is 60.7 Å². The van der Waals surface area contributed by atoms with Gasteiger partial charge in [-0.1, -0.05) is 72.4 Å². The number of thioether (sulfide) groups is 1. The van der Waals surface area contributed by atoms with E-state index in [-0.39, 0.29) is 18.2 Å². The number of halogens is 3. The van der Waals surface area contributed by atoms with Crippen molar-refractivity contribution in [3.8, 4) is 17.1 Å². The molecule has 0 unspecified atom stereocenters. The highest BCUT2D eigenvalue weighted by atomic mass is 32.2. The molecule has 4 aromatic rings. The van der Waals surface area contributed by atoms with Gasteiger partial charge in [0.05, 0.1) is 17.0 Å². The molecule has 5 nitrogen and oxygen atoms in total. The van der Waals surface area contributed by atoms with E-state index in [0.29, 0.717) is 16.5 Å². The molecule has 4 rings (SSSR count). The lowest BCUT2D eigenvalue weighted by Crippen LogP contribution is -2.24. The van der Waals surface area contributed by atoms with Gasteiger partial charge >= 0.3 is 6.18 Å². The number of amides is 1. The molecule has 3 aromatic carbocycles. The molecular weight excluding hydrogens is 449 g/mol. The molecule has 0 spiro atoms. The summed E-state index contributed by atoms with van der Waals surface area (Å²) in [5, 5.41) is 7.62. The maximum absolute atomic E-state index is 12.8. The first-order valence-corrected chi connectivity index (χ1v) is 11.0. The average molecular weight is 469 g/mol. The predicted molar refractivity (Wildman–Crippen MR) is 121 cm³/mol. The second-order valence-electron chi connectivity index (χ2n) is 7.09. The van der Waals surface area contributed by atoms with Crippen LogP contribution in [0.1, 0.15) is 11.1 Å². The minimum atomic E-state index is -4.42. The van der Waals surface area contributed by atoms with Crippen LogP contribution in [0.2, 0.25) is 0 Å². The Kier molecular flexibility index (Phi) is 6.79. The molecule has 0 aliphatic heterocycles. The molecule has 0 fully saturated rings. The highest BCUT2D eigenvalue weighted by molar-refractivity contribution is 7.99. The normalized spacial score (nSPS) is 11.4. The zero-order chi connectivity index (χ0) is 23.3. The first kappa shape index (κ1) is 22.6. The van der Waals surface area contributed by atoms with Crippen molar-refractivity contribution in [2.45, 2.75) is 17.9 Å². The summed E-state index contributed by atoms with van der Waals surface area (Å²) in [5.41, 5.74) is 1.35. The lowest BCUT2D eigenvalue weighted by molar-refractivity contribution is -0.137. The predicted octanol–water partition coefficient (Wildman–Crippen LogP) is 5.36. The molecule has 0 saturated heterocycles. The second-order valence-corrected chi connectivity index (χ2v) is 8.04. The van der Waals surface area contributed by atoms with E-state index in [9.17, 15) is 18.0 Å². The molecule has 33 heavy (non-hydrogen) atoms. The van der Waals surface area contributed by atoms with Crippen LogP contribution < -0.4 is 5.32 Å². The van der Waals surface area contributed by atoms with Gasteiger partial charge in [-0.05, 0) is 29.8 Å². The maximum atomic E-state index is 12.8. The van der Waals surface area contributed by atoms with E-state index in [1.54, 1.807) is 4.68 Å². The van der Waals surface area contributed by atoms with Crippen molar-refractivity contribution in [3.05, 3.63) is 96.1 Å². The van der Waals surface area contributed by atoms with Gasteiger partial charge in [0.1, 0.15) is 0 Å². The topological polar surface area (TPSA) is 59.8 Å². The molecule has 0 saturated carbocycles. The summed E-state index contributed by atoms with van der Waals surface area (Å²) in [6, 6.07) is 24.0. The zero-order valence-electron chi connectivity index (χ0n) is 17.3. The van der Waals surface area contributed by atoms with Crippen LogP contribution in [0.25, 0.3) is 17.1 Å². The first-order valence-electron chi connectivity index (χ1n) is 10.0. The molecule has 0 radical (unpaired) electrons. The lowest BCUT2D eigenvalue weighted by Gasteiger charge is -2.09. The molecule has 1 amide bonds. The number of hydrogen-bond acceptors (Lipinski definition) is 4. The van der Waals surface area contributed by atoms with Crippen molar-refractivity contribution in [1.82, 2.24) is 20.1 Å². The molecule has 9 heteroatoms. The van der Waals surface area contributed by atoms with Crippen molar-refractivity contribution in [1.29, 1.82) is 0 Å². The Morgan fingerprint density at radius 1 is 0.939 bits per heavy atom. The van der Waals surface area contributed by atoms with Crippen LogP contribution >= 0.6 is 11.8 Å². The van der Waals surface area contributed by atoms with Gasteiger partial charge in [-0.15, -0.1) is 5.10 Å². The number of aromatic nitrogens is 3. The van der Waals surface area contributed by atoms with Crippen LogP contribution in [0, 0.1) is 0 Å². The maximum Gasteiger partial charge on any atom is 0.416 e. The average Bonchev–Trinajstić information content (AvgIpc) is 3.27. The van der Waals surface area contributed by atoms with Crippen molar-refractivity contribution < 1.29 is 18.0 Å². The standard InChI is InChI=1S/C24H19F3N4OS/c25-24(26,27)19-11-7-8-17(14-19)15-28-21(32)16-33-23-29-22(18-9-3-1-4-10-18)31(30-23)20-12-5-2-6-13-20/h1-14H,15-16H2,(H,28,32). The van der Waals surface area contributed by atoms with Gasteiger partial charge in [0.15, 0.2) is 5.82 Å². The van der Waals surface area contributed by atoms with Gasteiger partial charge in [0.2, 0.25) is 11.1 Å². The summed E-state index contributed by atoms with van der Waals surface area (Å²) >= 11 is 1.16. The summed E-state index contributed by atoms with van der Waals surface area (Å²) in [6.07, 6.45) is -4.42. The van der Waals surface area contributed by atoms with Crippen LogP contribution in [-0.2, 0) is 17.5 Å². The summed E-state index contributed by atoms with van der Waals surface area (Å²) < 4.78 is 40.3. The fraction of sp³-hybridized carbons (Fsp3) is 0.125. The minimum Gasteiger partial charge on any atom is -0.351 e. The van der Waals surface area contributed by atoms with E-state index in [1.165, 1.54) is 12.1 Å². The third-order valence-electron chi connectivity index (χ3n) is 4.70. The molecule has 0 aliphatic rings. The Hall–Kier alpha value is -3.59. The van der Waals surface area contributed by atoms with Crippen LogP contribution in [0.3, 0.4) is 0 Å². The van der Waals surface area contributed by atoms with Gasteiger partial charge in [-0.2, -0.15) is 13.2 Å². The quantitative estimate of drug-likeness (QED) is 0.371. The highest BCUT2D eigenvalue weighted by Gasteiger charge is 2.30. The number of hydrogen-bond donors (Lipinski definition) is 1. The third kappa shape index (κ3) is 5.81. The molecule has 1 heterocycles. The van der Waals surface area contributed by atoms with Gasteiger partial charge in [0.25, 0.3) is 0 Å². The third-order valence-corrected chi connectivity index (χ3v) is 5.53. The van der Waals surface area contributed by atoms with Crippen LogP contribution in [-0.4, -0.2) is 26.4 Å². The molecule has 0 bridgehead atoms. The van der Waals surface area contributed by atoms with Gasteiger partial charge in [-0.3, -0.25) is 4.79 Å². The number of rotatable bonds is 7. The van der Waals surface area contributed by atoms with E-state index < -0.39 is 11.7 Å². The number of alkyl halides is 3. The Bertz CT molecular complexity index is 1170. The second kappa shape index (κ2) is 9.91. The van der Waals surface area contributed by atoms with Crippen molar-refractivity contribution >= 4 is 17.7 Å². The Labute approximate surface area is 192 Å². The Balaban J connectivity index is 1.43. The summed E-state index contributed by atoms with van der Waals surface area (Å²) in [5.74, 6) is 0.356. The van der Waals surface area contributed by atoms with E-state index in [4.69, 9.17) is 0 Å². The number of para-hydroxylation sites is 1. The summed E-state index contributed by atoms with van der Waals surface area (Å²) in [6.45, 7) is 0.00443. The highest BCUT2D eigenvalue weighted by Crippen LogP contribution is 2.29. The number of carbonyl (C=O) groups excluding carboxylic acids is 1. The number of nitrogens with one attached hydrogen (secondary N) is 1. The Morgan fingerprint density at radius 2 is 1.64 bits per heavy atom. The summed E-state index contributed by atoms with van der Waals surface area (Å²) in [4.78, 5) is 16.9. The minimum absolute atomic E-state index is 0.00443. The van der Waals surface area contributed by atoms with Gasteiger partial charge in [0, 0.05) is 12.1 Å². The smallest absolute Gasteiger partial charge is 0.351 e. The monoisotopic (exact) mass is 468 g/mol. The zero-order valence-corrected chi connectivity index (χ0v) is 18.1. The molecular formula is C24H19F3N4OS. The SMILES string of the molecule is O=C(CSc1nc(-c2ccccc2)n(-c2ccccc2)n1)NCc1cccc(C(F)(F)F)c1. The largest absolute Gasteiger partial charge is 0.416 e.